The Hall–Kier alpha value is -2.25. The largest absolute Gasteiger partial charge is 0.487 e. The van der Waals surface area contributed by atoms with Crippen LogP contribution in [0.2, 0.25) is 0 Å². The number of ether oxygens (including phenoxy) is 1. The molecule has 0 bridgehead atoms. The van der Waals surface area contributed by atoms with Crippen LogP contribution < -0.4 is 10.1 Å². The maximum absolute atomic E-state index is 13.9. The fourth-order valence-electron chi connectivity index (χ4n) is 4.30. The molecule has 2 aromatic carbocycles. The Labute approximate surface area is 186 Å². The van der Waals surface area contributed by atoms with E-state index in [-0.39, 0.29) is 29.7 Å². The molecule has 4 nitrogen and oxygen atoms in total. The van der Waals surface area contributed by atoms with E-state index in [0.29, 0.717) is 10.9 Å². The van der Waals surface area contributed by atoms with Gasteiger partial charge in [0, 0.05) is 33.3 Å². The molecule has 1 N–H and O–H groups in total. The molecular weight excluding hydrogens is 467 g/mol. The number of nitrogens with one attached hydrogen (secondary N) is 1. The molecule has 3 aromatic rings. The highest BCUT2D eigenvalue weighted by Gasteiger charge is 2.46. The van der Waals surface area contributed by atoms with Crippen LogP contribution in [-0.2, 0) is 4.79 Å². The normalized spacial score (nSPS) is 18.9. The summed E-state index contributed by atoms with van der Waals surface area (Å²) in [5.74, 6) is 0.247. The van der Waals surface area contributed by atoms with E-state index >= 15 is 0 Å². The van der Waals surface area contributed by atoms with Crippen LogP contribution in [0, 0.1) is 5.82 Å². The summed E-state index contributed by atoms with van der Waals surface area (Å²) in [5.41, 5.74) is 2.42. The van der Waals surface area contributed by atoms with Crippen LogP contribution in [-0.4, -0.2) is 16.5 Å². The van der Waals surface area contributed by atoms with E-state index in [9.17, 15) is 9.18 Å². The number of anilines is 1. The van der Waals surface area contributed by atoms with Gasteiger partial charge in [0.15, 0.2) is 5.13 Å². The van der Waals surface area contributed by atoms with Crippen molar-refractivity contribution in [3.63, 3.8) is 0 Å². The molecule has 2 aliphatic rings. The van der Waals surface area contributed by atoms with Gasteiger partial charge in [0.25, 0.3) is 0 Å². The fourth-order valence-corrected chi connectivity index (χ4v) is 5.30. The van der Waals surface area contributed by atoms with E-state index in [1.807, 2.05) is 29.6 Å². The lowest BCUT2D eigenvalue weighted by Crippen LogP contribution is -2.47. The third kappa shape index (κ3) is 3.88. The zero-order valence-electron chi connectivity index (χ0n) is 16.2. The zero-order valence-corrected chi connectivity index (χ0v) is 18.6. The predicted molar refractivity (Wildman–Crippen MR) is 119 cm³/mol. The van der Waals surface area contributed by atoms with E-state index in [1.165, 1.54) is 23.5 Å². The van der Waals surface area contributed by atoms with E-state index in [1.54, 1.807) is 6.07 Å². The average molecular weight is 487 g/mol. The number of thiazole rings is 1. The van der Waals surface area contributed by atoms with Crippen molar-refractivity contribution in [2.45, 2.75) is 43.6 Å². The first-order valence-electron chi connectivity index (χ1n) is 9.99. The SMILES string of the molecule is O=C(CC1CC2(CCC2)Oc2ccc(F)cc21)Nc1nc(-c2ccc(Br)cc2)cs1. The molecule has 0 radical (unpaired) electrons. The van der Waals surface area contributed by atoms with Crippen LogP contribution in [0.4, 0.5) is 9.52 Å². The summed E-state index contributed by atoms with van der Waals surface area (Å²) in [6.07, 6.45) is 4.15. The number of carbonyl (C=O) groups excluding carboxylic acids is 1. The molecule has 2 heterocycles. The molecule has 1 amide bonds. The molecule has 30 heavy (non-hydrogen) atoms. The highest BCUT2D eigenvalue weighted by Crippen LogP contribution is 2.50. The van der Waals surface area contributed by atoms with Crippen molar-refractivity contribution in [2.75, 3.05) is 5.32 Å². The molecular formula is C23H20BrFN2O2S. The predicted octanol–water partition coefficient (Wildman–Crippen LogP) is 6.53. The van der Waals surface area contributed by atoms with E-state index in [4.69, 9.17) is 4.74 Å². The van der Waals surface area contributed by atoms with Gasteiger partial charge in [0.1, 0.15) is 17.2 Å². The van der Waals surface area contributed by atoms with Gasteiger partial charge in [-0.15, -0.1) is 11.3 Å². The highest BCUT2D eigenvalue weighted by atomic mass is 79.9. The molecule has 1 unspecified atom stereocenters. The van der Waals surface area contributed by atoms with Crippen molar-refractivity contribution in [3.8, 4) is 17.0 Å². The quantitative estimate of drug-likeness (QED) is 0.455. The summed E-state index contributed by atoms with van der Waals surface area (Å²) < 4.78 is 21.1. The molecule has 1 saturated carbocycles. The van der Waals surface area contributed by atoms with Crippen molar-refractivity contribution >= 4 is 38.3 Å². The third-order valence-corrected chi connectivity index (χ3v) is 7.23. The number of carbonyl (C=O) groups is 1. The Kier molecular flexibility index (Phi) is 5.11. The summed E-state index contributed by atoms with van der Waals surface area (Å²) >= 11 is 4.83. The number of fused-ring (bicyclic) bond motifs is 1. The molecule has 1 fully saturated rings. The van der Waals surface area contributed by atoms with Gasteiger partial charge in [-0.1, -0.05) is 28.1 Å². The summed E-state index contributed by atoms with van der Waals surface area (Å²) in [7, 11) is 0. The Morgan fingerprint density at radius 1 is 1.27 bits per heavy atom. The number of rotatable bonds is 4. The number of halogens is 2. The summed E-state index contributed by atoms with van der Waals surface area (Å²) in [6, 6.07) is 12.5. The summed E-state index contributed by atoms with van der Waals surface area (Å²) in [5, 5.41) is 5.43. The van der Waals surface area contributed by atoms with Gasteiger partial charge in [-0.2, -0.15) is 0 Å². The van der Waals surface area contributed by atoms with Crippen molar-refractivity contribution in [1.29, 1.82) is 0 Å². The lowest BCUT2D eigenvalue weighted by Gasteiger charge is -2.48. The van der Waals surface area contributed by atoms with Crippen LogP contribution in [0.15, 0.2) is 52.3 Å². The lowest BCUT2D eigenvalue weighted by atomic mass is 9.70. The van der Waals surface area contributed by atoms with Gasteiger partial charge in [0.05, 0.1) is 5.69 Å². The van der Waals surface area contributed by atoms with Gasteiger partial charge < -0.3 is 10.1 Å². The Morgan fingerprint density at radius 2 is 2.07 bits per heavy atom. The number of nitrogens with zero attached hydrogens (tertiary/aromatic N) is 1. The standard InChI is InChI=1S/C23H20BrFN2O2S/c24-16-4-2-14(3-5-16)19-13-30-22(26-19)27-21(28)10-15-12-23(8-1-9-23)29-20-7-6-17(25)11-18(15)20/h2-7,11,13,15H,1,8-10,12H2,(H,26,27,28). The number of hydrogen-bond donors (Lipinski definition) is 1. The minimum atomic E-state index is -0.300. The van der Waals surface area contributed by atoms with Crippen LogP contribution >= 0.6 is 27.3 Å². The van der Waals surface area contributed by atoms with E-state index in [2.05, 4.69) is 26.2 Å². The molecule has 1 aliphatic carbocycles. The van der Waals surface area contributed by atoms with E-state index < -0.39 is 0 Å². The molecule has 1 spiro atoms. The van der Waals surface area contributed by atoms with Crippen LogP contribution in [0.1, 0.15) is 43.6 Å². The average Bonchev–Trinajstić information content (AvgIpc) is 3.16. The molecule has 0 saturated heterocycles. The Balaban J connectivity index is 1.31. The monoisotopic (exact) mass is 486 g/mol. The second-order valence-electron chi connectivity index (χ2n) is 8.02. The number of amides is 1. The Bertz CT molecular complexity index is 1090. The van der Waals surface area contributed by atoms with Gasteiger partial charge in [-0.05, 0) is 56.0 Å². The van der Waals surface area contributed by atoms with Crippen molar-refractivity contribution in [2.24, 2.45) is 0 Å². The highest BCUT2D eigenvalue weighted by molar-refractivity contribution is 9.10. The molecule has 7 heteroatoms. The minimum Gasteiger partial charge on any atom is -0.487 e. The first-order valence-corrected chi connectivity index (χ1v) is 11.7. The van der Waals surface area contributed by atoms with Crippen molar-refractivity contribution < 1.29 is 13.9 Å². The summed E-state index contributed by atoms with van der Waals surface area (Å²) in [6.45, 7) is 0. The van der Waals surface area contributed by atoms with Crippen LogP contribution in [0.3, 0.4) is 0 Å². The first-order chi connectivity index (χ1) is 14.5. The number of hydrogen-bond acceptors (Lipinski definition) is 4. The van der Waals surface area contributed by atoms with Gasteiger partial charge in [0.2, 0.25) is 5.91 Å². The Morgan fingerprint density at radius 3 is 2.80 bits per heavy atom. The molecule has 1 aromatic heterocycles. The van der Waals surface area contributed by atoms with Crippen molar-refractivity contribution in [3.05, 3.63) is 63.7 Å². The second kappa shape index (κ2) is 7.78. The molecule has 1 aliphatic heterocycles. The smallest absolute Gasteiger partial charge is 0.226 e. The maximum atomic E-state index is 13.9. The topological polar surface area (TPSA) is 51.2 Å². The number of aromatic nitrogens is 1. The van der Waals surface area contributed by atoms with Gasteiger partial charge in [-0.25, -0.2) is 9.37 Å². The molecule has 1 atom stereocenters. The number of benzene rings is 2. The van der Waals surface area contributed by atoms with Gasteiger partial charge in [-0.3, -0.25) is 4.79 Å². The first kappa shape index (κ1) is 19.7. The fraction of sp³-hybridized carbons (Fsp3) is 0.304. The third-order valence-electron chi connectivity index (χ3n) is 5.94. The lowest BCUT2D eigenvalue weighted by molar-refractivity contribution is -0.117. The molecule has 154 valence electrons. The molecule has 5 rings (SSSR count). The van der Waals surface area contributed by atoms with Crippen LogP contribution in [0.25, 0.3) is 11.3 Å². The zero-order chi connectivity index (χ0) is 20.7. The van der Waals surface area contributed by atoms with Gasteiger partial charge >= 0.3 is 0 Å². The minimum absolute atomic E-state index is 0.0596. The van der Waals surface area contributed by atoms with Crippen molar-refractivity contribution in [1.82, 2.24) is 4.98 Å². The summed E-state index contributed by atoms with van der Waals surface area (Å²) in [4.78, 5) is 17.3. The second-order valence-corrected chi connectivity index (χ2v) is 9.79. The van der Waals surface area contributed by atoms with E-state index in [0.717, 1.165) is 47.0 Å². The van der Waals surface area contributed by atoms with Crippen LogP contribution in [0.5, 0.6) is 5.75 Å². The maximum Gasteiger partial charge on any atom is 0.226 e.